The number of hydrazine groups is 1. The molecule has 3 aromatic rings. The fourth-order valence-corrected chi connectivity index (χ4v) is 5.68. The molecule has 0 aliphatic carbocycles. The maximum Gasteiger partial charge on any atom is 0.416 e. The number of nitrogens with zero attached hydrogens (tertiary/aromatic N) is 4. The van der Waals surface area contributed by atoms with Crippen molar-refractivity contribution < 1.29 is 32.3 Å². The van der Waals surface area contributed by atoms with Crippen molar-refractivity contribution >= 4 is 17.8 Å². The Labute approximate surface area is 253 Å². The van der Waals surface area contributed by atoms with Crippen molar-refractivity contribution in [1.29, 1.82) is 0 Å². The van der Waals surface area contributed by atoms with Crippen LogP contribution < -0.4 is 10.1 Å². The smallest absolute Gasteiger partial charge is 0.416 e. The number of halogens is 3. The van der Waals surface area contributed by atoms with Crippen LogP contribution in [0.1, 0.15) is 29.2 Å². The molecule has 1 N–H and O–H groups in total. The molecule has 0 aromatic heterocycles. The van der Waals surface area contributed by atoms with Gasteiger partial charge in [-0.2, -0.15) is 13.2 Å². The third kappa shape index (κ3) is 6.80. The predicted octanol–water partition coefficient (Wildman–Crippen LogP) is 4.28. The highest BCUT2D eigenvalue weighted by molar-refractivity contribution is 5.91. The Balaban J connectivity index is 1.43. The van der Waals surface area contributed by atoms with E-state index in [1.807, 2.05) is 61.5 Å². The average Bonchev–Trinajstić information content (AvgIpc) is 2.99. The van der Waals surface area contributed by atoms with Crippen molar-refractivity contribution in [2.75, 3.05) is 26.7 Å². The van der Waals surface area contributed by atoms with E-state index in [2.05, 4.69) is 5.32 Å². The van der Waals surface area contributed by atoms with Crippen molar-refractivity contribution in [3.05, 3.63) is 101 Å². The summed E-state index contributed by atoms with van der Waals surface area (Å²) in [7, 11) is 1.62. The van der Waals surface area contributed by atoms with Crippen LogP contribution in [0, 0.1) is 0 Å². The molecular formula is C32H34F3N5O4. The molecule has 0 bridgehead atoms. The number of amides is 4. The van der Waals surface area contributed by atoms with E-state index in [0.717, 1.165) is 23.3 Å². The number of nitrogens with one attached hydrogen (secondary N) is 1. The molecule has 2 saturated heterocycles. The highest BCUT2D eigenvalue weighted by Gasteiger charge is 2.50. The summed E-state index contributed by atoms with van der Waals surface area (Å²) >= 11 is 0. The van der Waals surface area contributed by atoms with Crippen LogP contribution in [0.3, 0.4) is 0 Å². The summed E-state index contributed by atoms with van der Waals surface area (Å²) < 4.78 is 45.8. The first kappa shape index (κ1) is 30.9. The van der Waals surface area contributed by atoms with Gasteiger partial charge < -0.3 is 19.9 Å². The standard InChI is InChI=1S/C32H34F3N5O4/c1-3-44-26-14-12-23(13-15-26)18-36-31(43)40-28-20-38(19-24-10-7-11-25(16-24)32(33,34)35)30(42)27(17-22-8-5-4-6-9-22)39(28)29(41)21-37(40)2/h4-16,27-28H,3,17-21H2,1-2H3,(H,36,43)/t27-,28-/m0/s1. The molecule has 3 aromatic carbocycles. The Hall–Kier alpha value is -4.58. The molecule has 232 valence electrons. The van der Waals surface area contributed by atoms with Crippen molar-refractivity contribution in [3.8, 4) is 5.75 Å². The summed E-state index contributed by atoms with van der Waals surface area (Å²) in [4.78, 5) is 43.9. The number of ether oxygens (including phenoxy) is 1. The number of likely N-dealkylation sites (N-methyl/N-ethyl adjacent to an activating group) is 1. The highest BCUT2D eigenvalue weighted by Crippen LogP contribution is 2.32. The van der Waals surface area contributed by atoms with Crippen LogP contribution in [0.4, 0.5) is 18.0 Å². The Morgan fingerprint density at radius 3 is 2.34 bits per heavy atom. The van der Waals surface area contributed by atoms with E-state index in [-0.39, 0.29) is 38.5 Å². The molecule has 0 radical (unpaired) electrons. The fourth-order valence-electron chi connectivity index (χ4n) is 5.68. The second kappa shape index (κ2) is 13.0. The molecule has 2 atom stereocenters. The second-order valence-electron chi connectivity index (χ2n) is 10.8. The molecule has 2 heterocycles. The second-order valence-corrected chi connectivity index (χ2v) is 10.8. The van der Waals surface area contributed by atoms with Gasteiger partial charge in [0.1, 0.15) is 18.0 Å². The molecule has 2 aliphatic rings. The van der Waals surface area contributed by atoms with Crippen LogP contribution in [0.5, 0.6) is 5.75 Å². The predicted molar refractivity (Wildman–Crippen MR) is 156 cm³/mol. The summed E-state index contributed by atoms with van der Waals surface area (Å²) in [5.41, 5.74) is 1.12. The quantitative estimate of drug-likeness (QED) is 0.412. The fraction of sp³-hybridized carbons (Fsp3) is 0.344. The number of hydrogen-bond donors (Lipinski definition) is 1. The number of carbonyl (C=O) groups excluding carboxylic acids is 3. The normalized spacial score (nSPS) is 19.2. The topological polar surface area (TPSA) is 85.4 Å². The van der Waals surface area contributed by atoms with Gasteiger partial charge in [0.05, 0.1) is 25.3 Å². The Bertz CT molecular complexity index is 1490. The third-order valence-corrected chi connectivity index (χ3v) is 7.73. The molecule has 0 unspecified atom stereocenters. The molecule has 0 saturated carbocycles. The molecule has 0 spiro atoms. The zero-order valence-corrected chi connectivity index (χ0v) is 24.5. The van der Waals surface area contributed by atoms with E-state index in [1.54, 1.807) is 7.05 Å². The number of fused-ring (bicyclic) bond motifs is 1. The number of carbonyl (C=O) groups is 3. The number of hydrogen-bond acceptors (Lipinski definition) is 5. The Morgan fingerprint density at radius 2 is 1.66 bits per heavy atom. The van der Waals surface area contributed by atoms with Crippen molar-refractivity contribution in [3.63, 3.8) is 0 Å². The number of benzene rings is 3. The van der Waals surface area contributed by atoms with Crippen molar-refractivity contribution in [2.45, 2.75) is 44.8 Å². The highest BCUT2D eigenvalue weighted by atomic mass is 19.4. The summed E-state index contributed by atoms with van der Waals surface area (Å²) in [5, 5.41) is 5.83. The Morgan fingerprint density at radius 1 is 0.955 bits per heavy atom. The van der Waals surface area contributed by atoms with Gasteiger partial charge in [0.15, 0.2) is 0 Å². The van der Waals surface area contributed by atoms with E-state index >= 15 is 0 Å². The monoisotopic (exact) mass is 609 g/mol. The van der Waals surface area contributed by atoms with Crippen LogP contribution >= 0.6 is 0 Å². The third-order valence-electron chi connectivity index (χ3n) is 7.73. The first-order valence-electron chi connectivity index (χ1n) is 14.3. The lowest BCUT2D eigenvalue weighted by Gasteiger charge is -2.54. The molecule has 2 fully saturated rings. The number of rotatable bonds is 8. The van der Waals surface area contributed by atoms with Crippen LogP contribution in [-0.2, 0) is 35.3 Å². The minimum absolute atomic E-state index is 0.0765. The van der Waals surface area contributed by atoms with Crippen molar-refractivity contribution in [2.24, 2.45) is 0 Å². The first-order valence-corrected chi connectivity index (χ1v) is 14.3. The van der Waals surface area contributed by atoms with Crippen LogP contribution in [0.15, 0.2) is 78.9 Å². The van der Waals surface area contributed by atoms with Crippen LogP contribution in [0.2, 0.25) is 0 Å². The minimum atomic E-state index is -4.54. The van der Waals surface area contributed by atoms with Gasteiger partial charge in [-0.1, -0.05) is 54.6 Å². The number of piperazine rings is 1. The summed E-state index contributed by atoms with van der Waals surface area (Å²) in [5.74, 6) is 0.000846. The Kier molecular flexibility index (Phi) is 9.09. The van der Waals surface area contributed by atoms with E-state index < -0.39 is 35.9 Å². The lowest BCUT2D eigenvalue weighted by molar-refractivity contribution is -0.187. The number of alkyl halides is 3. The molecule has 12 heteroatoms. The molecule has 5 rings (SSSR count). The largest absolute Gasteiger partial charge is 0.494 e. The zero-order valence-electron chi connectivity index (χ0n) is 24.5. The number of urea groups is 1. The maximum atomic E-state index is 13.9. The summed E-state index contributed by atoms with van der Waals surface area (Å²) in [6.45, 7) is 2.31. The van der Waals surface area contributed by atoms with Gasteiger partial charge in [-0.15, -0.1) is 0 Å². The molecular weight excluding hydrogens is 575 g/mol. The lowest BCUT2D eigenvalue weighted by Crippen LogP contribution is -2.76. The van der Waals surface area contributed by atoms with Crippen LogP contribution in [0.25, 0.3) is 0 Å². The van der Waals surface area contributed by atoms with Gasteiger partial charge in [0.2, 0.25) is 11.8 Å². The first-order chi connectivity index (χ1) is 21.0. The van der Waals surface area contributed by atoms with E-state index in [9.17, 15) is 27.6 Å². The van der Waals surface area contributed by atoms with Gasteiger partial charge in [-0.25, -0.2) is 14.8 Å². The van der Waals surface area contributed by atoms with E-state index in [1.165, 1.54) is 32.0 Å². The average molecular weight is 610 g/mol. The van der Waals surface area contributed by atoms with Gasteiger partial charge in [0.25, 0.3) is 0 Å². The summed E-state index contributed by atoms with van der Waals surface area (Å²) in [6.07, 6.45) is -5.23. The summed E-state index contributed by atoms with van der Waals surface area (Å²) in [6, 6.07) is 19.9. The minimum Gasteiger partial charge on any atom is -0.494 e. The van der Waals surface area contributed by atoms with Gasteiger partial charge >= 0.3 is 12.2 Å². The zero-order chi connectivity index (χ0) is 31.4. The molecule has 2 aliphatic heterocycles. The van der Waals surface area contributed by atoms with Gasteiger partial charge in [-0.05, 0) is 47.9 Å². The molecule has 4 amide bonds. The van der Waals surface area contributed by atoms with Gasteiger partial charge in [0, 0.05) is 26.6 Å². The van der Waals surface area contributed by atoms with Gasteiger partial charge in [-0.3, -0.25) is 9.59 Å². The molecule has 9 nitrogen and oxygen atoms in total. The SMILES string of the molecule is CCOc1ccc(CNC(=O)N2[C@H]3CN(Cc4cccc(C(F)(F)F)c4)C(=O)[C@H](Cc4ccccc4)N3C(=O)CN2C)cc1. The molecule has 44 heavy (non-hydrogen) atoms. The lowest BCUT2D eigenvalue weighted by atomic mass is 9.98. The van der Waals surface area contributed by atoms with Crippen LogP contribution in [-0.4, -0.2) is 76.6 Å². The van der Waals surface area contributed by atoms with Crippen molar-refractivity contribution in [1.82, 2.24) is 25.1 Å². The maximum absolute atomic E-state index is 13.9. The van der Waals surface area contributed by atoms with E-state index in [0.29, 0.717) is 17.9 Å². The van der Waals surface area contributed by atoms with E-state index in [4.69, 9.17) is 4.74 Å².